The van der Waals surface area contributed by atoms with Crippen molar-refractivity contribution in [2.75, 3.05) is 23.9 Å². The molecule has 2 aromatic carbocycles. The Morgan fingerprint density at radius 1 is 1.00 bits per heavy atom. The van der Waals surface area contributed by atoms with E-state index in [1.807, 2.05) is 37.3 Å². The molecule has 2 aromatic rings. The van der Waals surface area contributed by atoms with Crippen LogP contribution in [0.2, 0.25) is 0 Å². The van der Waals surface area contributed by atoms with Gasteiger partial charge < -0.3 is 15.0 Å². The minimum absolute atomic E-state index is 0.0420. The molecule has 0 bridgehead atoms. The Labute approximate surface area is 165 Å². The highest BCUT2D eigenvalue weighted by atomic mass is 16.5. The zero-order valence-electron chi connectivity index (χ0n) is 16.3. The molecule has 2 rings (SSSR count). The molecule has 0 saturated heterocycles. The molecule has 0 aliphatic heterocycles. The highest BCUT2D eigenvalue weighted by Crippen LogP contribution is 2.15. The fourth-order valence-electron chi connectivity index (χ4n) is 2.59. The maximum atomic E-state index is 12.2. The minimum Gasteiger partial charge on any atom is -0.462 e. The fraction of sp³-hybridized carbons (Fsp3) is 0.318. The zero-order valence-corrected chi connectivity index (χ0v) is 16.3. The minimum atomic E-state index is -0.410. The second kappa shape index (κ2) is 10.9. The van der Waals surface area contributed by atoms with Gasteiger partial charge in [0.25, 0.3) is 0 Å². The van der Waals surface area contributed by atoms with Crippen LogP contribution >= 0.6 is 0 Å². The van der Waals surface area contributed by atoms with Gasteiger partial charge in [-0.15, -0.1) is 0 Å². The van der Waals surface area contributed by atoms with Crippen molar-refractivity contribution in [1.82, 2.24) is 0 Å². The van der Waals surface area contributed by atoms with Crippen molar-refractivity contribution in [2.24, 2.45) is 0 Å². The van der Waals surface area contributed by atoms with E-state index in [4.69, 9.17) is 4.74 Å². The summed E-state index contributed by atoms with van der Waals surface area (Å²) in [6.45, 7) is 2.28. The Hall–Kier alpha value is -3.15. The number of carbonyl (C=O) groups excluding carboxylic acids is 3. The van der Waals surface area contributed by atoms with Crippen LogP contribution in [0.15, 0.2) is 54.6 Å². The van der Waals surface area contributed by atoms with Crippen LogP contribution in [0.5, 0.6) is 0 Å². The molecule has 0 unspecified atom stereocenters. The molecule has 0 spiro atoms. The van der Waals surface area contributed by atoms with E-state index in [2.05, 4.69) is 5.32 Å². The number of hydrogen-bond donors (Lipinski definition) is 1. The van der Waals surface area contributed by atoms with Gasteiger partial charge in [-0.1, -0.05) is 31.2 Å². The molecule has 0 aliphatic rings. The van der Waals surface area contributed by atoms with Crippen molar-refractivity contribution < 1.29 is 19.1 Å². The van der Waals surface area contributed by atoms with E-state index in [9.17, 15) is 14.4 Å². The van der Waals surface area contributed by atoms with Crippen molar-refractivity contribution >= 4 is 29.2 Å². The quantitative estimate of drug-likeness (QED) is 0.665. The van der Waals surface area contributed by atoms with Crippen LogP contribution in [0.4, 0.5) is 11.4 Å². The summed E-state index contributed by atoms with van der Waals surface area (Å²) in [6, 6.07) is 16.0. The summed E-state index contributed by atoms with van der Waals surface area (Å²) >= 11 is 0. The molecule has 1 N–H and O–H groups in total. The van der Waals surface area contributed by atoms with Gasteiger partial charge in [0, 0.05) is 31.3 Å². The van der Waals surface area contributed by atoms with Crippen LogP contribution in [-0.4, -0.2) is 31.4 Å². The molecule has 28 heavy (non-hydrogen) atoms. The normalized spacial score (nSPS) is 10.2. The molecular weight excluding hydrogens is 356 g/mol. The third kappa shape index (κ3) is 6.54. The molecule has 0 heterocycles. The number of hydrogen-bond acceptors (Lipinski definition) is 4. The lowest BCUT2D eigenvalue weighted by atomic mass is 10.1. The molecule has 0 atom stereocenters. The van der Waals surface area contributed by atoms with Gasteiger partial charge in [0.05, 0.1) is 12.2 Å². The van der Waals surface area contributed by atoms with E-state index in [1.165, 1.54) is 0 Å². The van der Waals surface area contributed by atoms with Crippen molar-refractivity contribution in [3.8, 4) is 0 Å². The summed E-state index contributed by atoms with van der Waals surface area (Å²) in [5, 5.41) is 2.76. The first kappa shape index (κ1) is 21.2. The first-order valence-electron chi connectivity index (χ1n) is 9.40. The summed E-state index contributed by atoms with van der Waals surface area (Å²) in [6.07, 6.45) is 1.70. The highest BCUT2D eigenvalue weighted by Gasteiger charge is 2.12. The van der Waals surface area contributed by atoms with Crippen LogP contribution in [0.1, 0.15) is 43.0 Å². The summed E-state index contributed by atoms with van der Waals surface area (Å²) < 4.78 is 5.09. The van der Waals surface area contributed by atoms with Gasteiger partial charge in [-0.25, -0.2) is 4.79 Å². The number of ether oxygens (including phenoxy) is 1. The largest absolute Gasteiger partial charge is 0.462 e. The number of benzene rings is 2. The molecule has 0 aliphatic carbocycles. The standard InChI is InChI=1S/C22H26N2O4/c1-3-15-28-22(27)17-9-7-10-18(16-17)23-20(25)13-8-14-21(26)24(2)19-11-5-4-6-12-19/h4-7,9-12,16H,3,8,13-15H2,1-2H3,(H,23,25). The van der Waals surface area contributed by atoms with E-state index in [0.717, 1.165) is 12.1 Å². The molecule has 2 amide bonds. The monoisotopic (exact) mass is 382 g/mol. The number of para-hydroxylation sites is 1. The van der Waals surface area contributed by atoms with Crippen molar-refractivity contribution in [3.63, 3.8) is 0 Å². The van der Waals surface area contributed by atoms with Crippen LogP contribution in [0, 0.1) is 0 Å². The summed E-state index contributed by atoms with van der Waals surface area (Å²) in [4.78, 5) is 37.8. The predicted molar refractivity (Wildman–Crippen MR) is 109 cm³/mol. The lowest BCUT2D eigenvalue weighted by Gasteiger charge is -2.17. The first-order chi connectivity index (χ1) is 13.5. The second-order valence-electron chi connectivity index (χ2n) is 6.41. The Balaban J connectivity index is 1.79. The van der Waals surface area contributed by atoms with Crippen molar-refractivity contribution in [3.05, 3.63) is 60.2 Å². The molecule has 6 nitrogen and oxygen atoms in total. The molecule has 6 heteroatoms. The summed E-state index contributed by atoms with van der Waals surface area (Å²) in [7, 11) is 1.72. The van der Waals surface area contributed by atoms with Gasteiger partial charge >= 0.3 is 5.97 Å². The Morgan fingerprint density at radius 2 is 1.75 bits per heavy atom. The maximum Gasteiger partial charge on any atom is 0.338 e. The predicted octanol–water partition coefficient (Wildman–Crippen LogP) is 4.03. The van der Waals surface area contributed by atoms with Gasteiger partial charge in [0.15, 0.2) is 0 Å². The van der Waals surface area contributed by atoms with E-state index < -0.39 is 5.97 Å². The van der Waals surface area contributed by atoms with Crippen LogP contribution in [0.25, 0.3) is 0 Å². The number of nitrogens with one attached hydrogen (secondary N) is 1. The highest BCUT2D eigenvalue weighted by molar-refractivity contribution is 5.95. The molecule has 0 saturated carbocycles. The lowest BCUT2D eigenvalue weighted by molar-refractivity contribution is -0.118. The topological polar surface area (TPSA) is 75.7 Å². The average molecular weight is 382 g/mol. The number of rotatable bonds is 9. The molecule has 0 radical (unpaired) electrons. The number of carbonyl (C=O) groups is 3. The Morgan fingerprint density at radius 3 is 2.46 bits per heavy atom. The second-order valence-corrected chi connectivity index (χ2v) is 6.41. The molecular formula is C22H26N2O4. The van der Waals surface area contributed by atoms with Gasteiger partial charge in [-0.3, -0.25) is 9.59 Å². The van der Waals surface area contributed by atoms with E-state index in [1.54, 1.807) is 36.2 Å². The van der Waals surface area contributed by atoms with Crippen molar-refractivity contribution in [2.45, 2.75) is 32.6 Å². The molecule has 0 aromatic heterocycles. The number of anilines is 2. The summed E-state index contributed by atoms with van der Waals surface area (Å²) in [5.41, 5.74) is 1.75. The van der Waals surface area contributed by atoms with Gasteiger partial charge in [0.1, 0.15) is 0 Å². The Kier molecular flexibility index (Phi) is 8.21. The zero-order chi connectivity index (χ0) is 20.4. The number of esters is 1. The fourth-order valence-corrected chi connectivity index (χ4v) is 2.59. The van der Waals surface area contributed by atoms with E-state index in [-0.39, 0.29) is 24.7 Å². The van der Waals surface area contributed by atoms with Crippen LogP contribution < -0.4 is 10.2 Å². The average Bonchev–Trinajstić information content (AvgIpc) is 2.72. The molecule has 0 fully saturated rings. The van der Waals surface area contributed by atoms with Crippen LogP contribution in [0.3, 0.4) is 0 Å². The SMILES string of the molecule is CCCOC(=O)c1cccc(NC(=O)CCCC(=O)N(C)c2ccccc2)c1. The van der Waals surface area contributed by atoms with Gasteiger partial charge in [-0.05, 0) is 43.2 Å². The lowest BCUT2D eigenvalue weighted by Crippen LogP contribution is -2.26. The summed E-state index contributed by atoms with van der Waals surface area (Å²) in [5.74, 6) is -0.651. The third-order valence-corrected chi connectivity index (χ3v) is 4.13. The van der Waals surface area contributed by atoms with E-state index in [0.29, 0.717) is 24.3 Å². The van der Waals surface area contributed by atoms with E-state index >= 15 is 0 Å². The smallest absolute Gasteiger partial charge is 0.338 e. The molecule has 148 valence electrons. The van der Waals surface area contributed by atoms with Gasteiger partial charge in [0.2, 0.25) is 11.8 Å². The number of nitrogens with zero attached hydrogens (tertiary/aromatic N) is 1. The van der Waals surface area contributed by atoms with Gasteiger partial charge in [-0.2, -0.15) is 0 Å². The van der Waals surface area contributed by atoms with Crippen molar-refractivity contribution in [1.29, 1.82) is 0 Å². The number of amides is 2. The first-order valence-corrected chi connectivity index (χ1v) is 9.40. The van der Waals surface area contributed by atoms with Crippen LogP contribution in [-0.2, 0) is 14.3 Å². The Bertz CT molecular complexity index is 805. The maximum absolute atomic E-state index is 12.2. The third-order valence-electron chi connectivity index (χ3n) is 4.13.